The van der Waals surface area contributed by atoms with E-state index in [9.17, 15) is 4.79 Å². The van der Waals surface area contributed by atoms with Crippen LogP contribution in [0.4, 0.5) is 0 Å². The molecule has 0 aliphatic carbocycles. The number of halogens is 2. The van der Waals surface area contributed by atoms with Gasteiger partial charge in [-0.3, -0.25) is 0 Å². The molecule has 0 amide bonds. The van der Waals surface area contributed by atoms with Gasteiger partial charge in [-0.25, -0.2) is 4.79 Å². The van der Waals surface area contributed by atoms with Crippen molar-refractivity contribution in [3.05, 3.63) is 52.5 Å². The van der Waals surface area contributed by atoms with Crippen molar-refractivity contribution in [3.63, 3.8) is 0 Å². The standard InChI is InChI=1S/C16H14Cl2O4/c1-10(16(19)20-2)21-12-4-6-13(7-5-12)22-15-8-3-11(17)9-14(15)18/h3-10H,1-2H3. The molecule has 1 atom stereocenters. The minimum Gasteiger partial charge on any atom is -0.479 e. The van der Waals surface area contributed by atoms with Crippen molar-refractivity contribution in [1.29, 1.82) is 0 Å². The van der Waals surface area contributed by atoms with Crippen LogP contribution in [-0.4, -0.2) is 19.2 Å². The Morgan fingerprint density at radius 3 is 2.27 bits per heavy atom. The number of carbonyl (C=O) groups excluding carboxylic acids is 1. The highest BCUT2D eigenvalue weighted by Gasteiger charge is 2.14. The van der Waals surface area contributed by atoms with Gasteiger partial charge in [-0.2, -0.15) is 0 Å². The third-order valence-electron chi connectivity index (χ3n) is 2.79. The van der Waals surface area contributed by atoms with Crippen molar-refractivity contribution in [2.24, 2.45) is 0 Å². The van der Waals surface area contributed by atoms with Crippen LogP contribution in [0.1, 0.15) is 6.92 Å². The Kier molecular flexibility index (Phi) is 5.52. The number of hydrogen-bond donors (Lipinski definition) is 0. The zero-order valence-electron chi connectivity index (χ0n) is 12.0. The van der Waals surface area contributed by atoms with Crippen molar-refractivity contribution >= 4 is 29.2 Å². The van der Waals surface area contributed by atoms with Crippen LogP contribution in [0.15, 0.2) is 42.5 Å². The summed E-state index contributed by atoms with van der Waals surface area (Å²) < 4.78 is 15.7. The van der Waals surface area contributed by atoms with E-state index >= 15 is 0 Å². The molecule has 0 aromatic heterocycles. The summed E-state index contributed by atoms with van der Waals surface area (Å²) >= 11 is 11.9. The van der Waals surface area contributed by atoms with Crippen molar-refractivity contribution in [1.82, 2.24) is 0 Å². The van der Waals surface area contributed by atoms with Gasteiger partial charge in [0.05, 0.1) is 12.1 Å². The fourth-order valence-corrected chi connectivity index (χ4v) is 2.14. The first-order chi connectivity index (χ1) is 10.5. The molecule has 22 heavy (non-hydrogen) atoms. The van der Waals surface area contributed by atoms with Gasteiger partial charge in [0.15, 0.2) is 6.10 Å². The summed E-state index contributed by atoms with van der Waals surface area (Å²) in [7, 11) is 1.31. The Morgan fingerprint density at radius 1 is 1.05 bits per heavy atom. The van der Waals surface area contributed by atoms with Gasteiger partial charge in [0.25, 0.3) is 0 Å². The highest BCUT2D eigenvalue weighted by atomic mass is 35.5. The van der Waals surface area contributed by atoms with Gasteiger partial charge in [0, 0.05) is 5.02 Å². The molecule has 2 aromatic carbocycles. The van der Waals surface area contributed by atoms with E-state index in [4.69, 9.17) is 32.7 Å². The summed E-state index contributed by atoms with van der Waals surface area (Å²) in [5.41, 5.74) is 0. The summed E-state index contributed by atoms with van der Waals surface area (Å²) in [6.45, 7) is 1.61. The Labute approximate surface area is 138 Å². The van der Waals surface area contributed by atoms with Gasteiger partial charge in [0.2, 0.25) is 0 Å². The fraction of sp³-hybridized carbons (Fsp3) is 0.188. The molecule has 6 heteroatoms. The van der Waals surface area contributed by atoms with E-state index in [2.05, 4.69) is 4.74 Å². The normalized spacial score (nSPS) is 11.6. The third kappa shape index (κ3) is 4.29. The number of rotatable bonds is 5. The molecule has 1 unspecified atom stereocenters. The van der Waals surface area contributed by atoms with Gasteiger partial charge < -0.3 is 14.2 Å². The lowest BCUT2D eigenvalue weighted by molar-refractivity contribution is -0.147. The van der Waals surface area contributed by atoms with Gasteiger partial charge in [-0.05, 0) is 49.4 Å². The highest BCUT2D eigenvalue weighted by molar-refractivity contribution is 6.35. The van der Waals surface area contributed by atoms with Crippen LogP contribution in [-0.2, 0) is 9.53 Å². The molecular formula is C16H14Cl2O4. The SMILES string of the molecule is COC(=O)C(C)Oc1ccc(Oc2ccc(Cl)cc2Cl)cc1. The summed E-state index contributed by atoms with van der Waals surface area (Å²) in [5.74, 6) is 1.19. The molecule has 0 bridgehead atoms. The van der Waals surface area contributed by atoms with Crippen LogP contribution in [0.25, 0.3) is 0 Å². The van der Waals surface area contributed by atoms with Crippen LogP contribution >= 0.6 is 23.2 Å². The van der Waals surface area contributed by atoms with E-state index in [-0.39, 0.29) is 0 Å². The lowest BCUT2D eigenvalue weighted by Gasteiger charge is -2.13. The Bertz CT molecular complexity index is 656. The van der Waals surface area contributed by atoms with Crippen LogP contribution in [0.2, 0.25) is 10.0 Å². The zero-order chi connectivity index (χ0) is 16.1. The number of carbonyl (C=O) groups is 1. The second kappa shape index (κ2) is 7.38. The molecule has 0 aliphatic rings. The lowest BCUT2D eigenvalue weighted by atomic mass is 10.3. The predicted octanol–water partition coefficient (Wildman–Crippen LogP) is 4.73. The molecule has 116 valence electrons. The van der Waals surface area contributed by atoms with Crippen molar-refractivity contribution in [3.8, 4) is 17.2 Å². The molecule has 0 heterocycles. The van der Waals surface area contributed by atoms with E-state index in [1.54, 1.807) is 49.4 Å². The van der Waals surface area contributed by atoms with E-state index in [1.807, 2.05) is 0 Å². The van der Waals surface area contributed by atoms with Crippen LogP contribution < -0.4 is 9.47 Å². The second-order valence-corrected chi connectivity index (χ2v) is 5.28. The van der Waals surface area contributed by atoms with E-state index in [0.717, 1.165) is 0 Å². The molecule has 0 N–H and O–H groups in total. The second-order valence-electron chi connectivity index (χ2n) is 4.43. The van der Waals surface area contributed by atoms with E-state index in [1.165, 1.54) is 7.11 Å². The Morgan fingerprint density at radius 2 is 1.68 bits per heavy atom. The van der Waals surface area contributed by atoms with E-state index in [0.29, 0.717) is 27.3 Å². The highest BCUT2D eigenvalue weighted by Crippen LogP contribution is 2.32. The summed E-state index contributed by atoms with van der Waals surface area (Å²) in [6.07, 6.45) is -0.678. The fourth-order valence-electron chi connectivity index (χ4n) is 1.69. The molecule has 0 fully saturated rings. The monoisotopic (exact) mass is 340 g/mol. The molecule has 0 saturated carbocycles. The largest absolute Gasteiger partial charge is 0.479 e. The quantitative estimate of drug-likeness (QED) is 0.738. The minimum atomic E-state index is -0.678. The number of esters is 1. The van der Waals surface area contributed by atoms with Crippen LogP contribution in [0.5, 0.6) is 17.2 Å². The van der Waals surface area contributed by atoms with Crippen LogP contribution in [0.3, 0.4) is 0 Å². The molecule has 4 nitrogen and oxygen atoms in total. The maximum Gasteiger partial charge on any atom is 0.346 e. The van der Waals surface area contributed by atoms with Crippen molar-refractivity contribution in [2.45, 2.75) is 13.0 Å². The first-order valence-corrected chi connectivity index (χ1v) is 7.22. The summed E-state index contributed by atoms with van der Waals surface area (Å²) in [5, 5.41) is 0.963. The minimum absolute atomic E-state index is 0.423. The first-order valence-electron chi connectivity index (χ1n) is 6.47. The van der Waals surface area contributed by atoms with Crippen molar-refractivity contribution in [2.75, 3.05) is 7.11 Å². The topological polar surface area (TPSA) is 44.8 Å². The maximum absolute atomic E-state index is 11.3. The van der Waals surface area contributed by atoms with Gasteiger partial charge in [-0.15, -0.1) is 0 Å². The maximum atomic E-state index is 11.3. The predicted molar refractivity (Wildman–Crippen MR) is 85.1 cm³/mol. The molecule has 2 rings (SSSR count). The molecule has 0 saturated heterocycles. The van der Waals surface area contributed by atoms with Crippen LogP contribution in [0, 0.1) is 0 Å². The van der Waals surface area contributed by atoms with Gasteiger partial charge >= 0.3 is 5.97 Å². The Balaban J connectivity index is 2.04. The molecule has 0 spiro atoms. The molecular weight excluding hydrogens is 327 g/mol. The number of benzene rings is 2. The van der Waals surface area contributed by atoms with E-state index < -0.39 is 12.1 Å². The lowest BCUT2D eigenvalue weighted by Crippen LogP contribution is -2.24. The Hall–Kier alpha value is -1.91. The smallest absolute Gasteiger partial charge is 0.346 e. The third-order valence-corrected chi connectivity index (χ3v) is 3.32. The molecule has 0 aliphatic heterocycles. The number of methoxy groups -OCH3 is 1. The first kappa shape index (κ1) is 16.5. The summed E-state index contributed by atoms with van der Waals surface area (Å²) in [4.78, 5) is 11.3. The average Bonchev–Trinajstić information content (AvgIpc) is 2.51. The summed E-state index contributed by atoms with van der Waals surface area (Å²) in [6, 6.07) is 11.8. The van der Waals surface area contributed by atoms with Gasteiger partial charge in [0.1, 0.15) is 17.2 Å². The number of ether oxygens (including phenoxy) is 3. The molecule has 2 aromatic rings. The van der Waals surface area contributed by atoms with Crippen molar-refractivity contribution < 1.29 is 19.0 Å². The zero-order valence-corrected chi connectivity index (χ0v) is 13.5. The number of hydrogen-bond acceptors (Lipinski definition) is 4. The average molecular weight is 341 g/mol. The van der Waals surface area contributed by atoms with Gasteiger partial charge in [-0.1, -0.05) is 23.2 Å². The molecule has 0 radical (unpaired) electrons.